The SMILES string of the molecule is CN1CCN(C(=O)C2CCCN(Cc3ccccc3Cl)C2)CC1. The molecule has 0 saturated carbocycles. The van der Waals surface area contributed by atoms with Crippen molar-refractivity contribution in [2.75, 3.05) is 46.3 Å². The first-order chi connectivity index (χ1) is 11.1. The van der Waals surface area contributed by atoms with E-state index in [9.17, 15) is 4.79 Å². The van der Waals surface area contributed by atoms with Crippen LogP contribution < -0.4 is 0 Å². The highest BCUT2D eigenvalue weighted by Crippen LogP contribution is 2.23. The molecule has 0 radical (unpaired) electrons. The van der Waals surface area contributed by atoms with E-state index in [4.69, 9.17) is 11.6 Å². The molecule has 0 aromatic heterocycles. The predicted molar refractivity (Wildman–Crippen MR) is 93.5 cm³/mol. The molecule has 1 aromatic rings. The summed E-state index contributed by atoms with van der Waals surface area (Å²) in [4.78, 5) is 19.5. The maximum absolute atomic E-state index is 12.8. The number of rotatable bonds is 3. The number of nitrogens with zero attached hydrogens (tertiary/aromatic N) is 3. The summed E-state index contributed by atoms with van der Waals surface area (Å²) in [6.07, 6.45) is 2.11. The number of hydrogen-bond acceptors (Lipinski definition) is 3. The molecular weight excluding hydrogens is 310 g/mol. The summed E-state index contributed by atoms with van der Waals surface area (Å²) in [6, 6.07) is 8.00. The number of likely N-dealkylation sites (N-methyl/N-ethyl adjacent to an activating group) is 1. The summed E-state index contributed by atoms with van der Waals surface area (Å²) in [6.45, 7) is 6.47. The summed E-state index contributed by atoms with van der Waals surface area (Å²) in [5.41, 5.74) is 1.15. The maximum atomic E-state index is 12.8. The van der Waals surface area contributed by atoms with E-state index in [1.165, 1.54) is 0 Å². The molecule has 0 N–H and O–H groups in total. The highest BCUT2D eigenvalue weighted by molar-refractivity contribution is 6.31. The average Bonchev–Trinajstić information content (AvgIpc) is 2.57. The Bertz CT molecular complexity index is 543. The second-order valence-electron chi connectivity index (χ2n) is 6.79. The van der Waals surface area contributed by atoms with Gasteiger partial charge in [0, 0.05) is 44.3 Å². The molecule has 4 nitrogen and oxygen atoms in total. The van der Waals surface area contributed by atoms with Crippen LogP contribution >= 0.6 is 11.6 Å². The quantitative estimate of drug-likeness (QED) is 0.848. The van der Waals surface area contributed by atoms with Gasteiger partial charge in [0.25, 0.3) is 0 Å². The number of carbonyl (C=O) groups excluding carboxylic acids is 1. The number of piperidine rings is 1. The Morgan fingerprint density at radius 3 is 2.65 bits per heavy atom. The van der Waals surface area contributed by atoms with Gasteiger partial charge in [-0.1, -0.05) is 29.8 Å². The van der Waals surface area contributed by atoms with Crippen LogP contribution in [0.3, 0.4) is 0 Å². The zero-order valence-corrected chi connectivity index (χ0v) is 14.6. The summed E-state index contributed by atoms with van der Waals surface area (Å²) < 4.78 is 0. The van der Waals surface area contributed by atoms with Crippen molar-refractivity contribution in [3.8, 4) is 0 Å². The summed E-state index contributed by atoms with van der Waals surface area (Å²) in [5, 5.41) is 0.819. The van der Waals surface area contributed by atoms with Crippen LogP contribution in [-0.4, -0.2) is 66.9 Å². The van der Waals surface area contributed by atoms with Crippen LogP contribution in [-0.2, 0) is 11.3 Å². The zero-order chi connectivity index (χ0) is 16.2. The predicted octanol–water partition coefficient (Wildman–Crippen LogP) is 2.33. The van der Waals surface area contributed by atoms with Gasteiger partial charge < -0.3 is 9.80 Å². The third-order valence-electron chi connectivity index (χ3n) is 5.02. The Labute approximate surface area is 144 Å². The van der Waals surface area contributed by atoms with Crippen molar-refractivity contribution in [3.63, 3.8) is 0 Å². The number of benzene rings is 1. The molecule has 1 atom stereocenters. The van der Waals surface area contributed by atoms with Crippen molar-refractivity contribution >= 4 is 17.5 Å². The molecule has 0 bridgehead atoms. The minimum absolute atomic E-state index is 0.148. The van der Waals surface area contributed by atoms with Crippen molar-refractivity contribution < 1.29 is 4.79 Å². The van der Waals surface area contributed by atoms with Crippen LogP contribution in [0.4, 0.5) is 0 Å². The van der Waals surface area contributed by atoms with Gasteiger partial charge in [0.1, 0.15) is 0 Å². The Kier molecular flexibility index (Phi) is 5.57. The third-order valence-corrected chi connectivity index (χ3v) is 5.39. The first-order valence-electron chi connectivity index (χ1n) is 8.56. The van der Waals surface area contributed by atoms with E-state index in [-0.39, 0.29) is 5.92 Å². The number of likely N-dealkylation sites (tertiary alicyclic amines) is 1. The topological polar surface area (TPSA) is 26.8 Å². The highest BCUT2D eigenvalue weighted by atomic mass is 35.5. The molecular formula is C18H26ClN3O. The molecule has 1 aromatic carbocycles. The minimum atomic E-state index is 0.148. The number of amides is 1. The van der Waals surface area contributed by atoms with Crippen molar-refractivity contribution in [1.29, 1.82) is 0 Å². The lowest BCUT2D eigenvalue weighted by Crippen LogP contribution is -2.51. The Morgan fingerprint density at radius 2 is 1.91 bits per heavy atom. The van der Waals surface area contributed by atoms with Crippen LogP contribution in [0.15, 0.2) is 24.3 Å². The molecule has 1 unspecified atom stereocenters. The normalized spacial score (nSPS) is 23.9. The molecule has 23 heavy (non-hydrogen) atoms. The smallest absolute Gasteiger partial charge is 0.227 e. The second kappa shape index (κ2) is 7.65. The van der Waals surface area contributed by atoms with E-state index in [1.54, 1.807) is 0 Å². The van der Waals surface area contributed by atoms with Gasteiger partial charge in [-0.05, 0) is 38.1 Å². The molecule has 2 aliphatic heterocycles. The molecule has 2 heterocycles. The van der Waals surface area contributed by atoms with Gasteiger partial charge in [0.15, 0.2) is 0 Å². The number of hydrogen-bond donors (Lipinski definition) is 0. The maximum Gasteiger partial charge on any atom is 0.227 e. The molecule has 5 heteroatoms. The van der Waals surface area contributed by atoms with Crippen molar-refractivity contribution in [1.82, 2.24) is 14.7 Å². The van der Waals surface area contributed by atoms with E-state index < -0.39 is 0 Å². The number of halogens is 1. The van der Waals surface area contributed by atoms with Crippen LogP contribution in [0, 0.1) is 5.92 Å². The Morgan fingerprint density at radius 1 is 1.17 bits per heavy atom. The Balaban J connectivity index is 1.57. The Hall–Kier alpha value is -1.10. The van der Waals surface area contributed by atoms with Crippen LogP contribution in [0.5, 0.6) is 0 Å². The molecule has 2 saturated heterocycles. The van der Waals surface area contributed by atoms with Gasteiger partial charge in [0.05, 0.1) is 5.92 Å². The second-order valence-corrected chi connectivity index (χ2v) is 7.20. The van der Waals surface area contributed by atoms with Gasteiger partial charge in [-0.15, -0.1) is 0 Å². The largest absolute Gasteiger partial charge is 0.340 e. The fourth-order valence-electron chi connectivity index (χ4n) is 3.55. The van der Waals surface area contributed by atoms with E-state index in [0.29, 0.717) is 5.91 Å². The minimum Gasteiger partial charge on any atom is -0.340 e. The summed E-state index contributed by atoms with van der Waals surface area (Å²) in [5.74, 6) is 0.497. The van der Waals surface area contributed by atoms with Crippen molar-refractivity contribution in [2.24, 2.45) is 5.92 Å². The first kappa shape index (κ1) is 16.7. The first-order valence-corrected chi connectivity index (χ1v) is 8.94. The number of piperazine rings is 1. The standard InChI is InChI=1S/C18H26ClN3O/c1-20-9-11-22(12-10-20)18(23)16-6-4-8-21(14-16)13-15-5-2-3-7-17(15)19/h2-3,5,7,16H,4,6,8-14H2,1H3. The van der Waals surface area contributed by atoms with E-state index in [0.717, 1.165) is 69.2 Å². The van der Waals surface area contributed by atoms with E-state index >= 15 is 0 Å². The molecule has 2 fully saturated rings. The number of carbonyl (C=O) groups is 1. The lowest BCUT2D eigenvalue weighted by Gasteiger charge is -2.38. The highest BCUT2D eigenvalue weighted by Gasteiger charge is 2.30. The van der Waals surface area contributed by atoms with Crippen molar-refractivity contribution in [2.45, 2.75) is 19.4 Å². The van der Waals surface area contributed by atoms with E-state index in [2.05, 4.69) is 27.8 Å². The monoisotopic (exact) mass is 335 g/mol. The molecule has 0 aliphatic carbocycles. The van der Waals surface area contributed by atoms with Gasteiger partial charge >= 0.3 is 0 Å². The van der Waals surface area contributed by atoms with Gasteiger partial charge in [0.2, 0.25) is 5.91 Å². The molecule has 3 rings (SSSR count). The van der Waals surface area contributed by atoms with Crippen molar-refractivity contribution in [3.05, 3.63) is 34.9 Å². The molecule has 1 amide bonds. The third kappa shape index (κ3) is 4.25. The molecule has 126 valence electrons. The lowest BCUT2D eigenvalue weighted by atomic mass is 9.95. The van der Waals surface area contributed by atoms with E-state index in [1.807, 2.05) is 18.2 Å². The molecule has 0 spiro atoms. The fourth-order valence-corrected chi connectivity index (χ4v) is 3.75. The zero-order valence-electron chi connectivity index (χ0n) is 13.9. The average molecular weight is 336 g/mol. The van der Waals surface area contributed by atoms with Gasteiger partial charge in [-0.25, -0.2) is 0 Å². The van der Waals surface area contributed by atoms with Crippen LogP contribution in [0.2, 0.25) is 5.02 Å². The van der Waals surface area contributed by atoms with Crippen LogP contribution in [0.1, 0.15) is 18.4 Å². The van der Waals surface area contributed by atoms with Gasteiger partial charge in [-0.2, -0.15) is 0 Å². The molecule has 2 aliphatic rings. The summed E-state index contributed by atoms with van der Waals surface area (Å²) >= 11 is 6.27. The van der Waals surface area contributed by atoms with Crippen LogP contribution in [0.25, 0.3) is 0 Å². The fraction of sp³-hybridized carbons (Fsp3) is 0.611. The summed E-state index contributed by atoms with van der Waals surface area (Å²) in [7, 11) is 2.12. The lowest BCUT2D eigenvalue weighted by molar-refractivity contribution is -0.139. The van der Waals surface area contributed by atoms with Gasteiger partial charge in [-0.3, -0.25) is 9.69 Å².